The van der Waals surface area contributed by atoms with E-state index in [-0.39, 0.29) is 6.00 Å². The lowest BCUT2D eigenvalue weighted by Gasteiger charge is -2.10. The van der Waals surface area contributed by atoms with E-state index in [0.29, 0.717) is 6.54 Å². The van der Waals surface area contributed by atoms with Crippen LogP contribution in [-0.4, -0.2) is 25.3 Å². The Morgan fingerprint density at radius 1 is 1.20 bits per heavy atom. The lowest BCUT2D eigenvalue weighted by atomic mass is 10.1. The highest BCUT2D eigenvalue weighted by atomic mass is 35.5. The molecule has 1 aromatic carbocycles. The minimum Gasteiger partial charge on any atom is -0.215 e. The van der Waals surface area contributed by atoms with Crippen LogP contribution >= 0.6 is 11.6 Å². The molecule has 0 N–H and O–H groups in total. The fourth-order valence-electron chi connectivity index (χ4n) is 1.30. The molecule has 0 heterocycles. The summed E-state index contributed by atoms with van der Waals surface area (Å²) in [5.41, 5.74) is 1.22. The van der Waals surface area contributed by atoms with Crippen molar-refractivity contribution in [2.75, 3.05) is 12.5 Å². The fraction of sp³-hybridized carbons (Fsp3) is 0.400. The number of alkyl halides is 1. The van der Waals surface area contributed by atoms with Crippen LogP contribution in [0.1, 0.15) is 12.0 Å². The molecule has 0 aliphatic heterocycles. The minimum absolute atomic E-state index is 0.0352. The number of benzene rings is 1. The van der Waals surface area contributed by atoms with E-state index in [1.165, 1.54) is 9.87 Å². The van der Waals surface area contributed by atoms with E-state index >= 15 is 0 Å². The van der Waals surface area contributed by atoms with E-state index in [4.69, 9.17) is 11.6 Å². The molecule has 0 saturated heterocycles. The molecule has 0 amide bonds. The number of nitrogens with zero attached hydrogens (tertiary/aromatic N) is 1. The van der Waals surface area contributed by atoms with Crippen molar-refractivity contribution >= 4 is 22.5 Å². The molecule has 0 radical (unpaired) electrons. The Labute approximate surface area is 96.7 Å². The Balaban J connectivity index is 2.33. The Morgan fingerprint density at radius 2 is 1.87 bits per heavy atom. The average Bonchev–Trinajstić information content (AvgIpc) is 2.25. The van der Waals surface area contributed by atoms with Crippen molar-refractivity contribution in [3.05, 3.63) is 35.9 Å². The van der Waals surface area contributed by atoms with Crippen LogP contribution in [0.3, 0.4) is 0 Å². The number of rotatable bonds is 6. The third kappa shape index (κ3) is 4.64. The Morgan fingerprint density at radius 3 is 2.40 bits per heavy atom. The molecule has 0 spiro atoms. The molecular weight excluding hydrogens is 234 g/mol. The summed E-state index contributed by atoms with van der Waals surface area (Å²) in [5.74, 6) is 0. The first-order valence-electron chi connectivity index (χ1n) is 4.73. The van der Waals surface area contributed by atoms with Crippen LogP contribution in [0, 0.1) is 0 Å². The lowest BCUT2D eigenvalue weighted by Crippen LogP contribution is -2.21. The van der Waals surface area contributed by atoms with E-state index in [1.54, 1.807) is 0 Å². The molecule has 0 atom stereocenters. The van der Waals surface area contributed by atoms with Gasteiger partial charge in [0.25, 0.3) is 0 Å². The third-order valence-corrected chi connectivity index (χ3v) is 3.35. The molecule has 0 fully saturated rings. The van der Waals surface area contributed by atoms with Crippen molar-refractivity contribution in [1.82, 2.24) is 4.31 Å². The van der Waals surface area contributed by atoms with E-state index in [2.05, 4.69) is 0 Å². The van der Waals surface area contributed by atoms with E-state index in [0.717, 1.165) is 12.8 Å². The van der Waals surface area contributed by atoms with Gasteiger partial charge < -0.3 is 0 Å². The molecule has 15 heavy (non-hydrogen) atoms. The van der Waals surface area contributed by atoms with Crippen molar-refractivity contribution < 1.29 is 8.42 Å². The predicted octanol–water partition coefficient (Wildman–Crippen LogP) is 1.64. The SMILES string of the molecule is O=[SH](=O)N(CCl)CCCc1ccccc1. The topological polar surface area (TPSA) is 37.4 Å². The second-order valence-electron chi connectivity index (χ2n) is 3.18. The van der Waals surface area contributed by atoms with Crippen molar-refractivity contribution in [3.8, 4) is 0 Å². The van der Waals surface area contributed by atoms with Crippen LogP contribution in [0.15, 0.2) is 30.3 Å². The van der Waals surface area contributed by atoms with Gasteiger partial charge >= 0.3 is 0 Å². The predicted molar refractivity (Wildman–Crippen MR) is 62.5 cm³/mol. The average molecular weight is 248 g/mol. The summed E-state index contributed by atoms with van der Waals surface area (Å²) in [6, 6.07) is 10.0. The molecule has 0 unspecified atom stereocenters. The van der Waals surface area contributed by atoms with Crippen LogP contribution in [0.5, 0.6) is 0 Å². The zero-order chi connectivity index (χ0) is 11.1. The van der Waals surface area contributed by atoms with Gasteiger partial charge in [0.1, 0.15) is 0 Å². The second-order valence-corrected chi connectivity index (χ2v) is 4.46. The summed E-state index contributed by atoms with van der Waals surface area (Å²) in [7, 11) is -2.54. The van der Waals surface area contributed by atoms with Crippen LogP contribution in [0.4, 0.5) is 0 Å². The molecule has 0 aromatic heterocycles. The van der Waals surface area contributed by atoms with E-state index in [9.17, 15) is 8.42 Å². The van der Waals surface area contributed by atoms with Crippen LogP contribution in [-0.2, 0) is 17.3 Å². The largest absolute Gasteiger partial charge is 0.215 e. The molecular formula is C10H14ClNO2S. The van der Waals surface area contributed by atoms with Crippen LogP contribution in [0.2, 0.25) is 0 Å². The normalized spacial score (nSPS) is 11.1. The molecule has 3 nitrogen and oxygen atoms in total. The van der Waals surface area contributed by atoms with Crippen molar-refractivity contribution in [1.29, 1.82) is 0 Å². The van der Waals surface area contributed by atoms with Crippen LogP contribution in [0.25, 0.3) is 0 Å². The smallest absolute Gasteiger partial charge is 0.205 e. The van der Waals surface area contributed by atoms with Gasteiger partial charge in [-0.15, -0.1) is 11.6 Å². The molecule has 1 aromatic rings. The second kappa shape index (κ2) is 6.82. The third-order valence-electron chi connectivity index (χ3n) is 2.09. The number of hydrogen-bond acceptors (Lipinski definition) is 2. The van der Waals surface area contributed by atoms with Gasteiger partial charge in [0.05, 0.1) is 6.00 Å². The zero-order valence-corrected chi connectivity index (χ0v) is 9.95. The summed E-state index contributed by atoms with van der Waals surface area (Å²) >= 11 is 5.49. The maximum Gasteiger partial charge on any atom is 0.205 e. The quantitative estimate of drug-likeness (QED) is 0.472. The first-order chi connectivity index (χ1) is 7.24. The number of aryl methyl sites for hydroxylation is 1. The molecule has 5 heteroatoms. The van der Waals surface area contributed by atoms with Gasteiger partial charge in [0, 0.05) is 6.54 Å². The fourth-order valence-corrected chi connectivity index (χ4v) is 2.07. The monoisotopic (exact) mass is 247 g/mol. The van der Waals surface area contributed by atoms with E-state index < -0.39 is 10.9 Å². The van der Waals surface area contributed by atoms with Crippen molar-refractivity contribution in [2.24, 2.45) is 0 Å². The van der Waals surface area contributed by atoms with Crippen LogP contribution < -0.4 is 0 Å². The summed E-state index contributed by atoms with van der Waals surface area (Å²) < 4.78 is 22.5. The molecule has 0 bridgehead atoms. The van der Waals surface area contributed by atoms with Gasteiger partial charge in [0.2, 0.25) is 10.9 Å². The van der Waals surface area contributed by atoms with E-state index in [1.807, 2.05) is 30.3 Å². The lowest BCUT2D eigenvalue weighted by molar-refractivity contribution is 0.465. The molecule has 0 saturated carbocycles. The highest BCUT2D eigenvalue weighted by Gasteiger charge is 2.04. The number of halogens is 1. The van der Waals surface area contributed by atoms with Gasteiger partial charge in [0.15, 0.2) is 0 Å². The highest BCUT2D eigenvalue weighted by molar-refractivity contribution is 7.69. The summed E-state index contributed by atoms with van der Waals surface area (Å²) in [6.07, 6.45) is 1.66. The maximum absolute atomic E-state index is 10.7. The summed E-state index contributed by atoms with van der Waals surface area (Å²) in [5, 5.41) is 0. The highest BCUT2D eigenvalue weighted by Crippen LogP contribution is 2.04. The molecule has 0 aliphatic carbocycles. The Bertz CT molecular complexity index is 346. The minimum atomic E-state index is -2.54. The first kappa shape index (κ1) is 12.5. The van der Waals surface area contributed by atoms with Gasteiger partial charge in [-0.3, -0.25) is 0 Å². The summed E-state index contributed by atoms with van der Waals surface area (Å²) in [6.45, 7) is 0.483. The standard InChI is InChI=1S/C10H14ClNO2S/c11-9-12(15(13)14)8-4-7-10-5-2-1-3-6-10/h1-3,5-6,15H,4,7-9H2. The van der Waals surface area contributed by atoms with Crippen molar-refractivity contribution in [2.45, 2.75) is 12.8 Å². The van der Waals surface area contributed by atoms with Crippen molar-refractivity contribution in [3.63, 3.8) is 0 Å². The summed E-state index contributed by atoms with van der Waals surface area (Å²) in [4.78, 5) is 0. The molecule has 1 rings (SSSR count). The van der Waals surface area contributed by atoms with Gasteiger partial charge in [-0.2, -0.15) is 4.31 Å². The number of hydrogen-bond donors (Lipinski definition) is 1. The molecule has 84 valence electrons. The van der Waals surface area contributed by atoms with Gasteiger partial charge in [-0.1, -0.05) is 30.3 Å². The maximum atomic E-state index is 10.7. The van der Waals surface area contributed by atoms with Gasteiger partial charge in [-0.05, 0) is 18.4 Å². The Kier molecular flexibility index (Phi) is 5.68. The van der Waals surface area contributed by atoms with Gasteiger partial charge in [-0.25, -0.2) is 8.42 Å². The first-order valence-corrected chi connectivity index (χ1v) is 6.39. The zero-order valence-electron chi connectivity index (χ0n) is 8.30. The number of thiol groups is 1. The Hall–Kier alpha value is -0.580. The molecule has 0 aliphatic rings.